The van der Waals surface area contributed by atoms with Crippen LogP contribution in [0.2, 0.25) is 0 Å². The third-order valence-electron chi connectivity index (χ3n) is 3.03. The molecule has 0 heterocycles. The number of nitrogens with one attached hydrogen (secondary N) is 3. The number of halogens is 1. The minimum atomic E-state index is -3.29. The smallest absolute Gasteiger partial charge is 0.209 e. The van der Waals surface area contributed by atoms with E-state index in [9.17, 15) is 12.8 Å². The number of nitrogens with zero attached hydrogens (tertiary/aromatic N) is 1. The molecule has 8 heteroatoms. The molecule has 0 aromatic heterocycles. The molecule has 0 fully saturated rings. The molecule has 24 heavy (non-hydrogen) atoms. The van der Waals surface area contributed by atoms with Gasteiger partial charge in [-0.2, -0.15) is 0 Å². The zero-order chi connectivity index (χ0) is 18.2. The van der Waals surface area contributed by atoms with Crippen LogP contribution in [0.1, 0.15) is 26.3 Å². The van der Waals surface area contributed by atoms with Gasteiger partial charge in [-0.05, 0) is 44.9 Å². The van der Waals surface area contributed by atoms with Gasteiger partial charge in [-0.25, -0.2) is 17.5 Å². The van der Waals surface area contributed by atoms with Gasteiger partial charge in [0.2, 0.25) is 10.0 Å². The standard InChI is InChI=1S/C16H27FN4O2S/c1-5-18-15(20-12-16(2,3)21-24(4,22)23)19-10-9-13-7-6-8-14(17)11-13/h6-8,11,21H,5,9-10,12H2,1-4H3,(H2,18,19,20). The maximum atomic E-state index is 13.1. The van der Waals surface area contributed by atoms with Crippen molar-refractivity contribution in [3.63, 3.8) is 0 Å². The second-order valence-corrected chi connectivity index (χ2v) is 8.01. The maximum Gasteiger partial charge on any atom is 0.209 e. The second kappa shape index (κ2) is 8.98. The van der Waals surface area contributed by atoms with E-state index in [1.807, 2.05) is 13.0 Å². The zero-order valence-corrected chi connectivity index (χ0v) is 15.5. The van der Waals surface area contributed by atoms with Crippen molar-refractivity contribution in [2.24, 2.45) is 4.99 Å². The highest BCUT2D eigenvalue weighted by molar-refractivity contribution is 7.88. The third kappa shape index (κ3) is 8.83. The van der Waals surface area contributed by atoms with Crippen molar-refractivity contribution in [2.75, 3.05) is 25.9 Å². The molecule has 0 unspecified atom stereocenters. The molecule has 1 rings (SSSR count). The van der Waals surface area contributed by atoms with Gasteiger partial charge in [0, 0.05) is 18.6 Å². The molecule has 0 aliphatic carbocycles. The normalized spacial score (nSPS) is 13.0. The largest absolute Gasteiger partial charge is 0.357 e. The summed E-state index contributed by atoms with van der Waals surface area (Å²) in [6, 6.07) is 6.47. The van der Waals surface area contributed by atoms with Crippen molar-refractivity contribution >= 4 is 16.0 Å². The van der Waals surface area contributed by atoms with Crippen molar-refractivity contribution < 1.29 is 12.8 Å². The van der Waals surface area contributed by atoms with Crippen LogP contribution in [0, 0.1) is 5.82 Å². The van der Waals surface area contributed by atoms with E-state index in [-0.39, 0.29) is 12.4 Å². The van der Waals surface area contributed by atoms with Crippen LogP contribution in [-0.2, 0) is 16.4 Å². The Morgan fingerprint density at radius 2 is 2.00 bits per heavy atom. The monoisotopic (exact) mass is 358 g/mol. The van der Waals surface area contributed by atoms with E-state index in [0.29, 0.717) is 25.5 Å². The summed E-state index contributed by atoms with van der Waals surface area (Å²) < 4.78 is 38.4. The SMILES string of the molecule is CCNC(=NCC(C)(C)NS(C)(=O)=O)NCCc1cccc(F)c1. The Morgan fingerprint density at radius 3 is 2.58 bits per heavy atom. The van der Waals surface area contributed by atoms with Gasteiger partial charge in [-0.15, -0.1) is 0 Å². The first-order chi connectivity index (χ1) is 11.1. The van der Waals surface area contributed by atoms with Crippen LogP contribution in [0.5, 0.6) is 0 Å². The molecule has 0 amide bonds. The molecule has 0 atom stereocenters. The lowest BCUT2D eigenvalue weighted by Crippen LogP contribution is -2.47. The summed E-state index contributed by atoms with van der Waals surface area (Å²) in [7, 11) is -3.29. The number of hydrogen-bond donors (Lipinski definition) is 3. The molecule has 1 aromatic rings. The minimum Gasteiger partial charge on any atom is -0.357 e. The molecule has 136 valence electrons. The van der Waals surface area contributed by atoms with Gasteiger partial charge in [-0.3, -0.25) is 4.99 Å². The molecule has 0 aliphatic rings. The molecule has 0 radical (unpaired) electrons. The van der Waals surface area contributed by atoms with E-state index >= 15 is 0 Å². The van der Waals surface area contributed by atoms with E-state index in [4.69, 9.17) is 0 Å². The predicted molar refractivity (Wildman–Crippen MR) is 96.1 cm³/mol. The molecule has 0 saturated heterocycles. The molecule has 0 aliphatic heterocycles. The van der Waals surface area contributed by atoms with Crippen LogP contribution < -0.4 is 15.4 Å². The topological polar surface area (TPSA) is 82.6 Å². The minimum absolute atomic E-state index is 0.248. The summed E-state index contributed by atoms with van der Waals surface area (Å²) in [5.41, 5.74) is 0.218. The van der Waals surface area contributed by atoms with Gasteiger partial charge in [0.05, 0.1) is 12.8 Å². The highest BCUT2D eigenvalue weighted by Crippen LogP contribution is 2.05. The summed E-state index contributed by atoms with van der Waals surface area (Å²) in [6.07, 6.45) is 1.79. The van der Waals surface area contributed by atoms with Crippen molar-refractivity contribution in [1.82, 2.24) is 15.4 Å². The lowest BCUT2D eigenvalue weighted by molar-refractivity contribution is 0.464. The molecule has 6 nitrogen and oxygen atoms in total. The molecule has 0 bridgehead atoms. The van der Waals surface area contributed by atoms with Crippen LogP contribution in [0.3, 0.4) is 0 Å². The van der Waals surface area contributed by atoms with Crippen molar-refractivity contribution in [2.45, 2.75) is 32.7 Å². The maximum absolute atomic E-state index is 13.1. The molecular formula is C16H27FN4O2S. The van der Waals surface area contributed by atoms with Crippen LogP contribution in [0.15, 0.2) is 29.3 Å². The zero-order valence-electron chi connectivity index (χ0n) is 14.7. The van der Waals surface area contributed by atoms with E-state index in [1.54, 1.807) is 19.9 Å². The van der Waals surface area contributed by atoms with Gasteiger partial charge < -0.3 is 10.6 Å². The molecule has 0 saturated carbocycles. The fourth-order valence-corrected chi connectivity index (χ4v) is 3.24. The lowest BCUT2D eigenvalue weighted by atomic mass is 10.1. The summed E-state index contributed by atoms with van der Waals surface area (Å²) in [5.74, 6) is 0.346. The fraction of sp³-hybridized carbons (Fsp3) is 0.562. The number of guanidine groups is 1. The predicted octanol–water partition coefficient (Wildman–Crippen LogP) is 1.25. The van der Waals surface area contributed by atoms with Crippen LogP contribution in [0.25, 0.3) is 0 Å². The van der Waals surface area contributed by atoms with Crippen molar-refractivity contribution in [3.8, 4) is 0 Å². The lowest BCUT2D eigenvalue weighted by Gasteiger charge is -2.23. The molecule has 1 aromatic carbocycles. The Morgan fingerprint density at radius 1 is 1.29 bits per heavy atom. The summed E-state index contributed by atoms with van der Waals surface area (Å²) in [4.78, 5) is 4.41. The quantitative estimate of drug-likeness (QED) is 0.482. The second-order valence-electron chi connectivity index (χ2n) is 6.26. The summed E-state index contributed by atoms with van der Waals surface area (Å²) in [6.45, 7) is 7.06. The highest BCUT2D eigenvalue weighted by Gasteiger charge is 2.21. The van der Waals surface area contributed by atoms with Crippen LogP contribution >= 0.6 is 0 Å². The molecular weight excluding hydrogens is 331 g/mol. The van der Waals surface area contributed by atoms with E-state index < -0.39 is 15.6 Å². The summed E-state index contributed by atoms with van der Waals surface area (Å²) >= 11 is 0. The highest BCUT2D eigenvalue weighted by atomic mass is 32.2. The first kappa shape index (κ1) is 20.4. The average molecular weight is 358 g/mol. The van der Waals surface area contributed by atoms with Crippen molar-refractivity contribution in [3.05, 3.63) is 35.6 Å². The fourth-order valence-electron chi connectivity index (χ4n) is 2.17. The third-order valence-corrected chi connectivity index (χ3v) is 3.96. The summed E-state index contributed by atoms with van der Waals surface area (Å²) in [5, 5.41) is 6.27. The number of sulfonamides is 1. The van der Waals surface area contributed by atoms with Gasteiger partial charge >= 0.3 is 0 Å². The van der Waals surface area contributed by atoms with Gasteiger partial charge in [0.25, 0.3) is 0 Å². The Bertz CT molecular complexity index is 660. The first-order valence-corrected chi connectivity index (χ1v) is 9.76. The number of rotatable bonds is 8. The molecule has 3 N–H and O–H groups in total. The number of aliphatic imine (C=N–C) groups is 1. The number of benzene rings is 1. The number of hydrogen-bond acceptors (Lipinski definition) is 3. The van der Waals surface area contributed by atoms with E-state index in [0.717, 1.165) is 11.8 Å². The van der Waals surface area contributed by atoms with Crippen molar-refractivity contribution in [1.29, 1.82) is 0 Å². The Labute approximate surface area is 144 Å². The molecule has 0 spiro atoms. The van der Waals surface area contributed by atoms with Gasteiger partial charge in [-0.1, -0.05) is 12.1 Å². The van der Waals surface area contributed by atoms with E-state index in [1.165, 1.54) is 12.1 Å². The van der Waals surface area contributed by atoms with Crippen LogP contribution in [-0.4, -0.2) is 45.8 Å². The van der Waals surface area contributed by atoms with Crippen LogP contribution in [0.4, 0.5) is 4.39 Å². The Kier molecular flexibility index (Phi) is 7.62. The van der Waals surface area contributed by atoms with E-state index in [2.05, 4.69) is 20.3 Å². The average Bonchev–Trinajstić information content (AvgIpc) is 2.42. The van der Waals surface area contributed by atoms with Gasteiger partial charge in [0.15, 0.2) is 5.96 Å². The Hall–Kier alpha value is -1.67. The van der Waals surface area contributed by atoms with Gasteiger partial charge in [0.1, 0.15) is 5.82 Å². The Balaban J connectivity index is 2.59. The first-order valence-electron chi connectivity index (χ1n) is 7.87.